The molecule has 5 aromatic rings. The minimum Gasteiger partial charge on any atom is -0.344 e. The van der Waals surface area contributed by atoms with Crippen LogP contribution >= 0.6 is 11.3 Å². The molecule has 1 aliphatic rings. The highest BCUT2D eigenvalue weighted by Gasteiger charge is 2.19. The van der Waals surface area contributed by atoms with E-state index in [-0.39, 0.29) is 0 Å². The van der Waals surface area contributed by atoms with Gasteiger partial charge in [0.25, 0.3) is 0 Å². The van der Waals surface area contributed by atoms with E-state index in [9.17, 15) is 0 Å². The number of nitrogens with zero attached hydrogens (tertiary/aromatic N) is 1. The lowest BCUT2D eigenvalue weighted by Crippen LogP contribution is -2.04. The smallest absolute Gasteiger partial charge is 0.0503 e. The zero-order valence-electron chi connectivity index (χ0n) is 15.7. The molecule has 0 N–H and O–H groups in total. The second kappa shape index (κ2) is 5.84. The fraction of sp³-hybridized carbons (Fsp3) is 0.280. The monoisotopic (exact) mass is 369 g/mol. The maximum absolute atomic E-state index is 2.48. The molecule has 1 aliphatic carbocycles. The third kappa shape index (κ3) is 2.23. The minimum absolute atomic E-state index is 0.755. The molecular formula is C25H23NS. The van der Waals surface area contributed by atoms with Gasteiger partial charge in [-0.1, -0.05) is 55.7 Å². The van der Waals surface area contributed by atoms with E-state index in [1.165, 1.54) is 74.1 Å². The normalized spacial score (nSPS) is 16.2. The zero-order valence-corrected chi connectivity index (χ0v) is 16.5. The minimum atomic E-state index is 0.755. The second-order valence-electron chi connectivity index (χ2n) is 8.11. The van der Waals surface area contributed by atoms with Crippen molar-refractivity contribution in [2.24, 2.45) is 7.05 Å². The summed E-state index contributed by atoms with van der Waals surface area (Å²) in [6.07, 6.45) is 6.91. The predicted molar refractivity (Wildman–Crippen MR) is 119 cm³/mol. The molecule has 1 fully saturated rings. The van der Waals surface area contributed by atoms with Gasteiger partial charge in [-0.05, 0) is 42.5 Å². The van der Waals surface area contributed by atoms with Gasteiger partial charge in [-0.25, -0.2) is 0 Å². The second-order valence-corrected chi connectivity index (χ2v) is 9.16. The van der Waals surface area contributed by atoms with E-state index >= 15 is 0 Å². The van der Waals surface area contributed by atoms with Gasteiger partial charge < -0.3 is 4.57 Å². The Labute approximate surface area is 163 Å². The summed E-state index contributed by atoms with van der Waals surface area (Å²) in [4.78, 5) is 0. The highest BCUT2D eigenvalue weighted by atomic mass is 32.1. The third-order valence-corrected chi connectivity index (χ3v) is 7.82. The fourth-order valence-electron chi connectivity index (χ4n) is 5.18. The van der Waals surface area contributed by atoms with E-state index in [1.54, 1.807) is 5.56 Å². The molecule has 3 aromatic carbocycles. The van der Waals surface area contributed by atoms with Gasteiger partial charge in [0.2, 0.25) is 0 Å². The molecule has 27 heavy (non-hydrogen) atoms. The Bertz CT molecular complexity index is 1310. The Morgan fingerprint density at radius 1 is 0.815 bits per heavy atom. The molecule has 134 valence electrons. The molecule has 0 unspecified atom stereocenters. The maximum Gasteiger partial charge on any atom is 0.0503 e. The quantitative estimate of drug-likeness (QED) is 0.285. The van der Waals surface area contributed by atoms with Crippen LogP contribution in [0.15, 0.2) is 54.6 Å². The number of benzene rings is 3. The van der Waals surface area contributed by atoms with Crippen molar-refractivity contribution in [3.8, 4) is 0 Å². The van der Waals surface area contributed by atoms with Crippen molar-refractivity contribution in [2.45, 2.75) is 38.0 Å². The molecule has 1 nitrogen and oxygen atoms in total. The molecule has 0 saturated heterocycles. The first-order valence-electron chi connectivity index (χ1n) is 10.1. The summed E-state index contributed by atoms with van der Waals surface area (Å²) < 4.78 is 5.22. The number of thiophene rings is 1. The van der Waals surface area contributed by atoms with Gasteiger partial charge in [-0.15, -0.1) is 11.3 Å². The summed E-state index contributed by atoms with van der Waals surface area (Å²) >= 11 is 1.94. The number of aromatic nitrogens is 1. The number of fused-ring (bicyclic) bond motifs is 7. The predicted octanol–water partition coefficient (Wildman–Crippen LogP) is 7.75. The largest absolute Gasteiger partial charge is 0.344 e. The van der Waals surface area contributed by atoms with Gasteiger partial charge >= 0.3 is 0 Å². The lowest BCUT2D eigenvalue weighted by Gasteiger charge is -2.22. The van der Waals surface area contributed by atoms with Crippen molar-refractivity contribution in [1.29, 1.82) is 0 Å². The summed E-state index contributed by atoms with van der Waals surface area (Å²) in [6, 6.07) is 20.7. The van der Waals surface area contributed by atoms with E-state index in [4.69, 9.17) is 0 Å². The molecule has 0 radical (unpaired) electrons. The number of aryl methyl sites for hydroxylation is 1. The molecule has 6 rings (SSSR count). The topological polar surface area (TPSA) is 4.93 Å². The lowest BCUT2D eigenvalue weighted by atomic mass is 9.84. The van der Waals surface area contributed by atoms with Crippen LogP contribution in [0.1, 0.15) is 43.6 Å². The summed E-state index contributed by atoms with van der Waals surface area (Å²) in [7, 11) is 2.23. The molecule has 2 aromatic heterocycles. The summed E-state index contributed by atoms with van der Waals surface area (Å²) in [5.41, 5.74) is 4.28. The van der Waals surface area contributed by atoms with Gasteiger partial charge in [-0.3, -0.25) is 0 Å². The molecule has 0 atom stereocenters. The van der Waals surface area contributed by atoms with Crippen LogP contribution in [0.25, 0.3) is 42.0 Å². The van der Waals surface area contributed by atoms with Crippen molar-refractivity contribution in [3.63, 3.8) is 0 Å². The van der Waals surface area contributed by atoms with Gasteiger partial charge in [-0.2, -0.15) is 0 Å². The van der Waals surface area contributed by atoms with E-state index in [2.05, 4.69) is 66.2 Å². The average Bonchev–Trinajstić information content (AvgIpc) is 3.24. The Balaban J connectivity index is 1.67. The number of rotatable bonds is 1. The average molecular weight is 370 g/mol. The molecule has 0 aliphatic heterocycles. The Hall–Kier alpha value is -2.32. The summed E-state index contributed by atoms with van der Waals surface area (Å²) in [5.74, 6) is 0.755. The van der Waals surface area contributed by atoms with Crippen molar-refractivity contribution < 1.29 is 0 Å². The Morgan fingerprint density at radius 2 is 1.63 bits per heavy atom. The number of hydrogen-bond acceptors (Lipinski definition) is 1. The van der Waals surface area contributed by atoms with Crippen molar-refractivity contribution >= 4 is 53.3 Å². The highest BCUT2D eigenvalue weighted by molar-refractivity contribution is 7.26. The Morgan fingerprint density at radius 3 is 2.52 bits per heavy atom. The third-order valence-electron chi connectivity index (χ3n) is 6.62. The molecule has 2 heterocycles. The molecular weight excluding hydrogens is 346 g/mol. The highest BCUT2D eigenvalue weighted by Crippen LogP contribution is 2.43. The summed E-state index contributed by atoms with van der Waals surface area (Å²) in [5, 5.41) is 5.62. The van der Waals surface area contributed by atoms with Crippen LogP contribution in [-0.2, 0) is 7.05 Å². The van der Waals surface area contributed by atoms with Gasteiger partial charge in [0.1, 0.15) is 0 Å². The lowest BCUT2D eigenvalue weighted by molar-refractivity contribution is 0.444. The first-order valence-corrected chi connectivity index (χ1v) is 11.0. The van der Waals surface area contributed by atoms with Gasteiger partial charge in [0.05, 0.1) is 5.52 Å². The van der Waals surface area contributed by atoms with Gasteiger partial charge in [0, 0.05) is 43.5 Å². The molecule has 0 spiro atoms. The van der Waals surface area contributed by atoms with Crippen molar-refractivity contribution in [1.82, 2.24) is 4.57 Å². The van der Waals surface area contributed by atoms with E-state index in [1.807, 2.05) is 11.3 Å². The molecule has 1 saturated carbocycles. The molecule has 2 heteroatoms. The first kappa shape index (κ1) is 15.7. The van der Waals surface area contributed by atoms with E-state index in [0.717, 1.165) is 5.92 Å². The van der Waals surface area contributed by atoms with Crippen LogP contribution in [0.5, 0.6) is 0 Å². The van der Waals surface area contributed by atoms with Crippen LogP contribution < -0.4 is 0 Å². The van der Waals surface area contributed by atoms with Gasteiger partial charge in [0.15, 0.2) is 0 Å². The van der Waals surface area contributed by atoms with E-state index in [0.29, 0.717) is 0 Å². The summed E-state index contributed by atoms with van der Waals surface area (Å²) in [6.45, 7) is 0. The standard InChI is InChI=1S/C25H23NS/c1-26-21-14-13-19-18-9-5-6-10-23(18)27-25(19)24(21)20-12-11-17(15-22(20)26)16-7-3-2-4-8-16/h5-6,9-16H,2-4,7-8H2,1H3. The first-order chi connectivity index (χ1) is 13.3. The SMILES string of the molecule is Cn1c2cc(C3CCCCC3)ccc2c2c3sc4ccccc4c3ccc21. The zero-order chi connectivity index (χ0) is 18.0. The van der Waals surface area contributed by atoms with Crippen LogP contribution in [-0.4, -0.2) is 4.57 Å². The molecule has 0 amide bonds. The van der Waals surface area contributed by atoms with Crippen LogP contribution in [0.2, 0.25) is 0 Å². The van der Waals surface area contributed by atoms with Crippen LogP contribution in [0, 0.1) is 0 Å². The van der Waals surface area contributed by atoms with Crippen molar-refractivity contribution in [3.05, 3.63) is 60.2 Å². The molecule has 0 bridgehead atoms. The Kier molecular flexibility index (Phi) is 3.40. The van der Waals surface area contributed by atoms with Crippen LogP contribution in [0.3, 0.4) is 0 Å². The fourth-order valence-corrected chi connectivity index (χ4v) is 6.43. The van der Waals surface area contributed by atoms with Crippen molar-refractivity contribution in [2.75, 3.05) is 0 Å². The number of hydrogen-bond donors (Lipinski definition) is 0. The maximum atomic E-state index is 2.48. The van der Waals surface area contributed by atoms with E-state index < -0.39 is 0 Å². The van der Waals surface area contributed by atoms with Crippen LogP contribution in [0.4, 0.5) is 0 Å².